The Morgan fingerprint density at radius 2 is 1.57 bits per heavy atom. The lowest BCUT2D eigenvalue weighted by Crippen LogP contribution is -2.37. The fourth-order valence-corrected chi connectivity index (χ4v) is 2.29. The zero-order valence-corrected chi connectivity index (χ0v) is 12.6. The zero-order valence-electron chi connectivity index (χ0n) is 12.6. The van der Waals surface area contributed by atoms with Gasteiger partial charge in [-0.2, -0.15) is 0 Å². The lowest BCUT2D eigenvalue weighted by molar-refractivity contribution is -0.119. The standard InChI is InChI=1S/C18H22N2O/c1-14(2)20(13-18(19)21)12-15-8-10-17(11-9-15)16-6-4-3-5-7-16/h3-11,14H,12-13H2,1-2H3,(H2,19,21). The molecule has 0 radical (unpaired) electrons. The minimum Gasteiger partial charge on any atom is -0.369 e. The topological polar surface area (TPSA) is 46.3 Å². The molecule has 110 valence electrons. The molecule has 1 amide bonds. The van der Waals surface area contributed by atoms with E-state index in [1.54, 1.807) is 0 Å². The number of amides is 1. The highest BCUT2D eigenvalue weighted by Crippen LogP contribution is 2.20. The molecule has 21 heavy (non-hydrogen) atoms. The summed E-state index contributed by atoms with van der Waals surface area (Å²) in [4.78, 5) is 13.2. The van der Waals surface area contributed by atoms with Gasteiger partial charge >= 0.3 is 0 Å². The van der Waals surface area contributed by atoms with E-state index < -0.39 is 0 Å². The lowest BCUT2D eigenvalue weighted by Gasteiger charge is -2.25. The molecular weight excluding hydrogens is 260 g/mol. The summed E-state index contributed by atoms with van der Waals surface area (Å²) < 4.78 is 0. The number of carbonyl (C=O) groups is 1. The number of nitrogens with two attached hydrogens (primary N) is 1. The monoisotopic (exact) mass is 282 g/mol. The van der Waals surface area contributed by atoms with E-state index in [0.29, 0.717) is 0 Å². The molecule has 2 N–H and O–H groups in total. The van der Waals surface area contributed by atoms with Gasteiger partial charge in [-0.05, 0) is 30.5 Å². The van der Waals surface area contributed by atoms with Gasteiger partial charge in [-0.25, -0.2) is 0 Å². The Hall–Kier alpha value is -2.13. The van der Waals surface area contributed by atoms with E-state index in [-0.39, 0.29) is 18.5 Å². The highest BCUT2D eigenvalue weighted by Gasteiger charge is 2.12. The molecule has 0 unspecified atom stereocenters. The van der Waals surface area contributed by atoms with Crippen LogP contribution < -0.4 is 5.73 Å². The third kappa shape index (κ3) is 4.43. The molecule has 0 saturated heterocycles. The number of benzene rings is 2. The van der Waals surface area contributed by atoms with Crippen LogP contribution in [0, 0.1) is 0 Å². The number of rotatable bonds is 6. The van der Waals surface area contributed by atoms with E-state index in [1.807, 2.05) is 18.2 Å². The Morgan fingerprint density at radius 3 is 2.10 bits per heavy atom. The van der Waals surface area contributed by atoms with Crippen LogP contribution in [0.5, 0.6) is 0 Å². The highest BCUT2D eigenvalue weighted by atomic mass is 16.1. The first kappa shape index (κ1) is 15.3. The van der Waals surface area contributed by atoms with Gasteiger partial charge in [0, 0.05) is 12.6 Å². The van der Waals surface area contributed by atoms with Gasteiger partial charge < -0.3 is 5.73 Å². The predicted octanol–water partition coefficient (Wildman–Crippen LogP) is 3.05. The fraction of sp³-hybridized carbons (Fsp3) is 0.278. The Labute approximate surface area is 126 Å². The quantitative estimate of drug-likeness (QED) is 0.885. The van der Waals surface area contributed by atoms with Crippen molar-refractivity contribution in [2.75, 3.05) is 6.54 Å². The summed E-state index contributed by atoms with van der Waals surface area (Å²) >= 11 is 0. The molecule has 3 nitrogen and oxygen atoms in total. The number of primary amides is 1. The third-order valence-corrected chi connectivity index (χ3v) is 3.54. The zero-order chi connectivity index (χ0) is 15.2. The van der Waals surface area contributed by atoms with E-state index >= 15 is 0 Å². The molecule has 2 rings (SSSR count). The Bertz CT molecular complexity index is 576. The van der Waals surface area contributed by atoms with Crippen LogP contribution in [0.15, 0.2) is 54.6 Å². The molecule has 0 heterocycles. The van der Waals surface area contributed by atoms with Crippen LogP contribution in [-0.2, 0) is 11.3 Å². The maximum absolute atomic E-state index is 11.1. The molecule has 3 heteroatoms. The number of nitrogens with zero attached hydrogens (tertiary/aromatic N) is 1. The Kier molecular flexibility index (Phi) is 5.12. The summed E-state index contributed by atoms with van der Waals surface area (Å²) in [7, 11) is 0. The van der Waals surface area contributed by atoms with E-state index in [1.165, 1.54) is 16.7 Å². The largest absolute Gasteiger partial charge is 0.369 e. The van der Waals surface area contributed by atoms with Crippen LogP contribution in [0.2, 0.25) is 0 Å². The van der Waals surface area contributed by atoms with Gasteiger partial charge in [0.05, 0.1) is 6.54 Å². The average Bonchev–Trinajstić information content (AvgIpc) is 2.48. The van der Waals surface area contributed by atoms with Crippen molar-refractivity contribution in [2.45, 2.75) is 26.4 Å². The maximum Gasteiger partial charge on any atom is 0.231 e. The summed E-state index contributed by atoms with van der Waals surface area (Å²) in [5.74, 6) is -0.287. The van der Waals surface area contributed by atoms with Crippen molar-refractivity contribution in [1.82, 2.24) is 4.90 Å². The molecule has 0 aliphatic rings. The van der Waals surface area contributed by atoms with Crippen LogP contribution in [0.4, 0.5) is 0 Å². The van der Waals surface area contributed by atoms with Crippen molar-refractivity contribution in [3.8, 4) is 11.1 Å². The average molecular weight is 282 g/mol. The number of hydrogen-bond acceptors (Lipinski definition) is 2. The van der Waals surface area contributed by atoms with Gasteiger partial charge in [0.15, 0.2) is 0 Å². The molecule has 0 spiro atoms. The second-order valence-electron chi connectivity index (χ2n) is 5.53. The van der Waals surface area contributed by atoms with Crippen molar-refractivity contribution in [3.05, 3.63) is 60.2 Å². The molecule has 0 aliphatic carbocycles. The number of hydrogen-bond donors (Lipinski definition) is 1. The molecule has 0 atom stereocenters. The first-order chi connectivity index (χ1) is 10.1. The molecule has 0 bridgehead atoms. The number of carbonyl (C=O) groups excluding carboxylic acids is 1. The van der Waals surface area contributed by atoms with Crippen LogP contribution in [0.3, 0.4) is 0 Å². The highest BCUT2D eigenvalue weighted by molar-refractivity contribution is 5.76. The first-order valence-corrected chi connectivity index (χ1v) is 7.23. The normalized spacial score (nSPS) is 11.0. The van der Waals surface area contributed by atoms with Crippen LogP contribution in [-0.4, -0.2) is 23.4 Å². The minimum atomic E-state index is -0.287. The van der Waals surface area contributed by atoms with E-state index in [0.717, 1.165) is 6.54 Å². The van der Waals surface area contributed by atoms with Gasteiger partial charge in [-0.15, -0.1) is 0 Å². The molecule has 0 saturated carbocycles. The van der Waals surface area contributed by atoms with E-state index in [2.05, 4.69) is 55.1 Å². The van der Waals surface area contributed by atoms with E-state index in [4.69, 9.17) is 5.73 Å². The van der Waals surface area contributed by atoms with Gasteiger partial charge in [0.2, 0.25) is 5.91 Å². The van der Waals surface area contributed by atoms with Gasteiger partial charge in [0.1, 0.15) is 0 Å². The lowest BCUT2D eigenvalue weighted by atomic mass is 10.0. The third-order valence-electron chi connectivity index (χ3n) is 3.54. The first-order valence-electron chi connectivity index (χ1n) is 7.23. The summed E-state index contributed by atoms with van der Waals surface area (Å²) in [5.41, 5.74) is 8.90. The Morgan fingerprint density at radius 1 is 1.00 bits per heavy atom. The van der Waals surface area contributed by atoms with Crippen molar-refractivity contribution < 1.29 is 4.79 Å². The van der Waals surface area contributed by atoms with Gasteiger partial charge in [0.25, 0.3) is 0 Å². The fourth-order valence-electron chi connectivity index (χ4n) is 2.29. The SMILES string of the molecule is CC(C)N(CC(N)=O)Cc1ccc(-c2ccccc2)cc1. The van der Waals surface area contributed by atoms with Gasteiger partial charge in [-0.1, -0.05) is 54.6 Å². The second-order valence-corrected chi connectivity index (χ2v) is 5.53. The molecule has 0 aliphatic heterocycles. The van der Waals surface area contributed by atoms with Crippen molar-refractivity contribution >= 4 is 5.91 Å². The Balaban J connectivity index is 2.10. The van der Waals surface area contributed by atoms with Crippen molar-refractivity contribution in [1.29, 1.82) is 0 Å². The predicted molar refractivity (Wildman–Crippen MR) is 86.6 cm³/mol. The molecule has 0 aromatic heterocycles. The van der Waals surface area contributed by atoms with Crippen molar-refractivity contribution in [3.63, 3.8) is 0 Å². The summed E-state index contributed by atoms with van der Waals surface area (Å²) in [6.07, 6.45) is 0. The summed E-state index contributed by atoms with van der Waals surface area (Å²) in [6, 6.07) is 19.0. The maximum atomic E-state index is 11.1. The molecule has 0 fully saturated rings. The van der Waals surface area contributed by atoms with Crippen molar-refractivity contribution in [2.24, 2.45) is 5.73 Å². The van der Waals surface area contributed by atoms with E-state index in [9.17, 15) is 4.79 Å². The molecule has 2 aromatic rings. The smallest absolute Gasteiger partial charge is 0.231 e. The summed E-state index contributed by atoms with van der Waals surface area (Å²) in [5, 5.41) is 0. The minimum absolute atomic E-state index is 0.284. The molecular formula is C18H22N2O. The van der Waals surface area contributed by atoms with Crippen LogP contribution in [0.25, 0.3) is 11.1 Å². The van der Waals surface area contributed by atoms with Crippen LogP contribution in [0.1, 0.15) is 19.4 Å². The summed E-state index contributed by atoms with van der Waals surface area (Å²) in [6.45, 7) is 5.16. The van der Waals surface area contributed by atoms with Crippen LogP contribution >= 0.6 is 0 Å². The van der Waals surface area contributed by atoms with Gasteiger partial charge in [-0.3, -0.25) is 9.69 Å². The second kappa shape index (κ2) is 7.04. The molecule has 2 aromatic carbocycles.